The van der Waals surface area contributed by atoms with Crippen molar-refractivity contribution in [3.8, 4) is 0 Å². The number of carbonyl (C=O) groups excluding carboxylic acids is 1. The number of aryl methyl sites for hydroxylation is 1. The molecule has 0 aliphatic carbocycles. The second-order valence-electron chi connectivity index (χ2n) is 7.60. The van der Waals surface area contributed by atoms with Crippen molar-refractivity contribution in [1.29, 1.82) is 0 Å². The molecule has 0 radical (unpaired) electrons. The molecular formula is C23H24N4O4S2. The van der Waals surface area contributed by atoms with E-state index in [-0.39, 0.29) is 24.6 Å². The molecule has 4 rings (SSSR count). The number of hydrogen-bond donors (Lipinski definition) is 1. The van der Waals surface area contributed by atoms with Crippen LogP contribution in [0.1, 0.15) is 39.8 Å². The maximum absolute atomic E-state index is 13.9. The average Bonchev–Trinajstić information content (AvgIpc) is 3.39. The van der Waals surface area contributed by atoms with Crippen molar-refractivity contribution < 1.29 is 17.9 Å². The van der Waals surface area contributed by atoms with Crippen molar-refractivity contribution in [2.75, 3.05) is 6.61 Å². The number of ether oxygens (including phenoxy) is 1. The number of nitrogens with one attached hydrogen (secondary N) is 1. The van der Waals surface area contributed by atoms with E-state index in [2.05, 4.69) is 13.7 Å². The number of nitrogens with zero attached hydrogens (tertiary/aromatic N) is 3. The number of carbonyl (C=O) groups is 1. The lowest BCUT2D eigenvalue weighted by atomic mass is 10.1. The minimum atomic E-state index is -3.94. The van der Waals surface area contributed by atoms with Gasteiger partial charge in [0.25, 0.3) is 0 Å². The smallest absolute Gasteiger partial charge is 0.355 e. The number of H-pyrrole nitrogens is 1. The number of rotatable bonds is 8. The molecule has 10 heteroatoms. The molecule has 0 atom stereocenters. The summed E-state index contributed by atoms with van der Waals surface area (Å²) in [6, 6.07) is 14.4. The van der Waals surface area contributed by atoms with Crippen molar-refractivity contribution in [2.45, 2.75) is 38.8 Å². The maximum Gasteiger partial charge on any atom is 0.355 e. The van der Waals surface area contributed by atoms with Crippen LogP contribution < -0.4 is 0 Å². The van der Waals surface area contributed by atoms with Gasteiger partial charge < -0.3 is 9.72 Å². The summed E-state index contributed by atoms with van der Waals surface area (Å²) in [7, 11) is -3.94. The van der Waals surface area contributed by atoms with Gasteiger partial charge in [0.15, 0.2) is 0 Å². The Kier molecular flexibility index (Phi) is 6.59. The zero-order valence-electron chi connectivity index (χ0n) is 18.5. The predicted molar refractivity (Wildman–Crippen MR) is 127 cm³/mol. The predicted octanol–water partition coefficient (Wildman–Crippen LogP) is 4.20. The van der Waals surface area contributed by atoms with Gasteiger partial charge in [0.05, 0.1) is 18.3 Å². The van der Waals surface area contributed by atoms with Crippen molar-refractivity contribution in [3.63, 3.8) is 0 Å². The van der Waals surface area contributed by atoms with E-state index in [1.807, 2.05) is 37.3 Å². The molecule has 0 saturated heterocycles. The SMILES string of the molecule is CCOC(=O)c1[nH]c(C)c(CN(Cc2ccccc2)S(=O)(=O)c2cccc3nsnc23)c1C. The lowest BCUT2D eigenvalue weighted by Gasteiger charge is -2.23. The van der Waals surface area contributed by atoms with Gasteiger partial charge in [-0.1, -0.05) is 36.4 Å². The van der Waals surface area contributed by atoms with E-state index in [9.17, 15) is 13.2 Å². The molecule has 0 saturated carbocycles. The number of fused-ring (bicyclic) bond motifs is 1. The Morgan fingerprint density at radius 2 is 1.82 bits per heavy atom. The Morgan fingerprint density at radius 1 is 1.06 bits per heavy atom. The molecule has 172 valence electrons. The molecule has 1 N–H and O–H groups in total. The molecular weight excluding hydrogens is 460 g/mol. The van der Waals surface area contributed by atoms with E-state index >= 15 is 0 Å². The molecule has 33 heavy (non-hydrogen) atoms. The Labute approximate surface area is 196 Å². The Balaban J connectivity index is 1.78. The second-order valence-corrected chi connectivity index (χ2v) is 10.0. The van der Waals surface area contributed by atoms with Crippen LogP contribution in [0.25, 0.3) is 11.0 Å². The largest absolute Gasteiger partial charge is 0.461 e. The lowest BCUT2D eigenvalue weighted by molar-refractivity contribution is 0.0519. The number of esters is 1. The highest BCUT2D eigenvalue weighted by Gasteiger charge is 2.30. The number of hydrogen-bond acceptors (Lipinski definition) is 7. The van der Waals surface area contributed by atoms with Gasteiger partial charge in [0.1, 0.15) is 21.6 Å². The van der Waals surface area contributed by atoms with Crippen LogP contribution in [0.3, 0.4) is 0 Å². The molecule has 0 spiro atoms. The highest BCUT2D eigenvalue weighted by molar-refractivity contribution is 7.89. The molecule has 0 amide bonds. The summed E-state index contributed by atoms with van der Waals surface area (Å²) in [6.07, 6.45) is 0. The number of benzene rings is 2. The van der Waals surface area contributed by atoms with Crippen LogP contribution in [0, 0.1) is 13.8 Å². The molecule has 0 fully saturated rings. The summed E-state index contributed by atoms with van der Waals surface area (Å²) in [5.74, 6) is -0.458. The monoisotopic (exact) mass is 484 g/mol. The van der Waals surface area contributed by atoms with Gasteiger partial charge in [-0.2, -0.15) is 13.1 Å². The summed E-state index contributed by atoms with van der Waals surface area (Å²) in [5.41, 5.74) is 4.22. The molecule has 2 heterocycles. The molecule has 0 unspecified atom stereocenters. The van der Waals surface area contributed by atoms with Crippen LogP contribution in [-0.4, -0.2) is 39.0 Å². The fraction of sp³-hybridized carbons (Fsp3) is 0.261. The van der Waals surface area contributed by atoms with E-state index in [1.54, 1.807) is 32.0 Å². The first-order valence-electron chi connectivity index (χ1n) is 10.4. The topological polar surface area (TPSA) is 105 Å². The number of aromatic nitrogens is 3. The van der Waals surface area contributed by atoms with E-state index < -0.39 is 16.0 Å². The third-order valence-electron chi connectivity index (χ3n) is 5.48. The molecule has 8 nitrogen and oxygen atoms in total. The first kappa shape index (κ1) is 23.1. The van der Waals surface area contributed by atoms with Crippen LogP contribution in [0.4, 0.5) is 0 Å². The van der Waals surface area contributed by atoms with Gasteiger partial charge in [-0.05, 0) is 49.6 Å². The van der Waals surface area contributed by atoms with Crippen LogP contribution in [0.15, 0.2) is 53.4 Å². The molecule has 2 aromatic carbocycles. The van der Waals surface area contributed by atoms with Crippen molar-refractivity contribution in [2.24, 2.45) is 0 Å². The maximum atomic E-state index is 13.9. The number of sulfonamides is 1. The van der Waals surface area contributed by atoms with E-state index in [0.29, 0.717) is 22.3 Å². The van der Waals surface area contributed by atoms with Crippen LogP contribution in [0.5, 0.6) is 0 Å². The van der Waals surface area contributed by atoms with Gasteiger partial charge >= 0.3 is 5.97 Å². The minimum absolute atomic E-state index is 0.0821. The molecule has 0 aliphatic rings. The first-order chi connectivity index (χ1) is 15.8. The summed E-state index contributed by atoms with van der Waals surface area (Å²) in [4.78, 5) is 15.5. The standard InChI is InChI=1S/C23H24N4O4S2/c1-4-31-23(28)21-15(2)18(16(3)24-21)14-27(13-17-9-6-5-7-10-17)33(29,30)20-12-8-11-19-22(20)26-32-25-19/h5-12,24H,4,13-14H2,1-3H3. The van der Waals surface area contributed by atoms with E-state index in [4.69, 9.17) is 4.74 Å². The average molecular weight is 485 g/mol. The summed E-state index contributed by atoms with van der Waals surface area (Å²) < 4.78 is 42.7. The third kappa shape index (κ3) is 4.54. The highest BCUT2D eigenvalue weighted by Crippen LogP contribution is 2.29. The Morgan fingerprint density at radius 3 is 2.55 bits per heavy atom. The quantitative estimate of drug-likeness (QED) is 0.376. The second kappa shape index (κ2) is 9.42. The van der Waals surface area contributed by atoms with Crippen LogP contribution in [-0.2, 0) is 27.8 Å². The normalized spacial score (nSPS) is 11.9. The lowest BCUT2D eigenvalue weighted by Crippen LogP contribution is -2.31. The minimum Gasteiger partial charge on any atom is -0.461 e. The first-order valence-corrected chi connectivity index (χ1v) is 12.6. The van der Waals surface area contributed by atoms with Crippen molar-refractivity contribution in [3.05, 3.63) is 76.6 Å². The van der Waals surface area contributed by atoms with Gasteiger partial charge in [-0.15, -0.1) is 0 Å². The summed E-state index contributed by atoms with van der Waals surface area (Å²) >= 11 is 0.980. The highest BCUT2D eigenvalue weighted by atomic mass is 32.2. The van der Waals surface area contributed by atoms with Crippen LogP contribution in [0.2, 0.25) is 0 Å². The van der Waals surface area contributed by atoms with Gasteiger partial charge in [-0.25, -0.2) is 13.2 Å². The molecule has 2 aromatic heterocycles. The molecule has 0 bridgehead atoms. The molecule has 4 aromatic rings. The fourth-order valence-corrected chi connectivity index (χ4v) is 5.90. The van der Waals surface area contributed by atoms with Crippen molar-refractivity contribution >= 4 is 38.8 Å². The molecule has 0 aliphatic heterocycles. The van der Waals surface area contributed by atoms with Gasteiger partial charge in [0.2, 0.25) is 10.0 Å². The van der Waals surface area contributed by atoms with E-state index in [1.165, 1.54) is 4.31 Å². The fourth-order valence-electron chi connectivity index (χ4n) is 3.75. The summed E-state index contributed by atoms with van der Waals surface area (Å²) in [5, 5.41) is 0. The van der Waals surface area contributed by atoms with Gasteiger partial charge in [0, 0.05) is 18.8 Å². The Hall–Kier alpha value is -3.08. The Bertz CT molecular complexity index is 1390. The third-order valence-corrected chi connectivity index (χ3v) is 7.84. The zero-order valence-corrected chi connectivity index (χ0v) is 20.2. The zero-order chi connectivity index (χ0) is 23.6. The van der Waals surface area contributed by atoms with Gasteiger partial charge in [-0.3, -0.25) is 0 Å². The van der Waals surface area contributed by atoms with Crippen LogP contribution >= 0.6 is 11.7 Å². The number of aromatic amines is 1. The van der Waals surface area contributed by atoms with Crippen molar-refractivity contribution in [1.82, 2.24) is 18.0 Å². The summed E-state index contributed by atoms with van der Waals surface area (Å²) in [6.45, 7) is 5.86. The van der Waals surface area contributed by atoms with E-state index in [0.717, 1.165) is 28.5 Å².